The zero-order valence-corrected chi connectivity index (χ0v) is 13.5. The predicted octanol–water partition coefficient (Wildman–Crippen LogP) is 0.786. The van der Waals surface area contributed by atoms with Crippen LogP contribution in [0.5, 0.6) is 0 Å². The van der Waals surface area contributed by atoms with E-state index in [0.29, 0.717) is 13.1 Å². The van der Waals surface area contributed by atoms with Crippen LogP contribution in [-0.2, 0) is 26.1 Å². The van der Waals surface area contributed by atoms with Crippen molar-refractivity contribution in [1.82, 2.24) is 40.4 Å². The maximum absolute atomic E-state index is 12.0. The van der Waals surface area contributed by atoms with Crippen LogP contribution in [0.3, 0.4) is 0 Å². The molecular formula is C14H22N8O. The van der Waals surface area contributed by atoms with E-state index in [9.17, 15) is 4.79 Å². The number of carbonyl (C=O) groups excluding carboxylic acids is 1. The monoisotopic (exact) mass is 318 g/mol. The van der Waals surface area contributed by atoms with Crippen LogP contribution in [0.25, 0.3) is 0 Å². The van der Waals surface area contributed by atoms with E-state index in [1.165, 1.54) is 0 Å². The number of hydrogen-bond donors (Lipinski definition) is 2. The maximum Gasteiger partial charge on any atom is 0.315 e. The van der Waals surface area contributed by atoms with Crippen molar-refractivity contribution in [3.63, 3.8) is 0 Å². The molecule has 2 amide bonds. The summed E-state index contributed by atoms with van der Waals surface area (Å²) >= 11 is 0. The molecule has 23 heavy (non-hydrogen) atoms. The molecule has 0 saturated heterocycles. The number of rotatable bonds is 5. The number of nitrogens with one attached hydrogen (secondary N) is 2. The maximum atomic E-state index is 12.0. The molecule has 1 atom stereocenters. The van der Waals surface area contributed by atoms with Gasteiger partial charge in [-0.05, 0) is 26.7 Å². The quantitative estimate of drug-likeness (QED) is 0.848. The van der Waals surface area contributed by atoms with Crippen molar-refractivity contribution in [3.8, 4) is 0 Å². The van der Waals surface area contributed by atoms with Crippen molar-refractivity contribution in [1.29, 1.82) is 0 Å². The third-order valence-corrected chi connectivity index (χ3v) is 3.92. The number of aryl methyl sites for hydroxylation is 2. The Bertz CT molecular complexity index is 676. The minimum atomic E-state index is -0.253. The first-order chi connectivity index (χ1) is 11.2. The highest BCUT2D eigenvalue weighted by molar-refractivity contribution is 5.74. The van der Waals surface area contributed by atoms with E-state index in [0.717, 1.165) is 43.1 Å². The molecule has 3 rings (SSSR count). The number of nitrogens with zero attached hydrogens (tertiary/aromatic N) is 6. The second kappa shape index (κ2) is 6.76. The zero-order valence-electron chi connectivity index (χ0n) is 13.5. The van der Waals surface area contributed by atoms with Crippen molar-refractivity contribution in [2.75, 3.05) is 0 Å². The van der Waals surface area contributed by atoms with Crippen LogP contribution in [0.1, 0.15) is 50.1 Å². The summed E-state index contributed by atoms with van der Waals surface area (Å²) in [5.74, 6) is 1.82. The number of fused-ring (bicyclic) bond motifs is 1. The zero-order chi connectivity index (χ0) is 16.2. The average molecular weight is 318 g/mol. The number of aromatic nitrogens is 6. The van der Waals surface area contributed by atoms with E-state index in [1.807, 2.05) is 13.8 Å². The molecule has 0 bridgehead atoms. The van der Waals surface area contributed by atoms with E-state index in [2.05, 4.69) is 35.6 Å². The molecule has 2 aromatic rings. The van der Waals surface area contributed by atoms with Gasteiger partial charge < -0.3 is 15.2 Å². The molecule has 0 saturated carbocycles. The van der Waals surface area contributed by atoms with Crippen LogP contribution in [0.2, 0.25) is 0 Å². The predicted molar refractivity (Wildman–Crippen MR) is 82.4 cm³/mol. The molecule has 3 heterocycles. The second-order valence-electron chi connectivity index (χ2n) is 5.66. The number of hydrogen-bond acceptors (Lipinski definition) is 5. The molecule has 0 radical (unpaired) electrons. The van der Waals surface area contributed by atoms with Crippen LogP contribution in [-0.4, -0.2) is 35.8 Å². The summed E-state index contributed by atoms with van der Waals surface area (Å²) < 4.78 is 2.11. The summed E-state index contributed by atoms with van der Waals surface area (Å²) in [6, 6.07) is -0.447. The van der Waals surface area contributed by atoms with Crippen molar-refractivity contribution >= 4 is 6.03 Å². The molecule has 2 N–H and O–H groups in total. The molecule has 1 aliphatic heterocycles. The van der Waals surface area contributed by atoms with Crippen molar-refractivity contribution in [2.24, 2.45) is 0 Å². The molecule has 124 valence electrons. The lowest BCUT2D eigenvalue weighted by Crippen LogP contribution is -2.37. The lowest BCUT2D eigenvalue weighted by molar-refractivity contribution is 0.236. The summed E-state index contributed by atoms with van der Waals surface area (Å²) in [5.41, 5.74) is 0.731. The van der Waals surface area contributed by atoms with E-state index in [1.54, 1.807) is 11.0 Å². The summed E-state index contributed by atoms with van der Waals surface area (Å²) in [4.78, 5) is 13.6. The molecule has 9 heteroatoms. The van der Waals surface area contributed by atoms with Gasteiger partial charge in [-0.2, -0.15) is 15.0 Å². The van der Waals surface area contributed by atoms with E-state index in [4.69, 9.17) is 0 Å². The first-order valence-electron chi connectivity index (χ1n) is 8.02. The highest BCUT2D eigenvalue weighted by Crippen LogP contribution is 2.18. The van der Waals surface area contributed by atoms with Crippen LogP contribution < -0.4 is 10.6 Å². The highest BCUT2D eigenvalue weighted by atomic mass is 16.2. The van der Waals surface area contributed by atoms with Gasteiger partial charge in [-0.1, -0.05) is 0 Å². The van der Waals surface area contributed by atoms with Gasteiger partial charge in [0.15, 0.2) is 5.82 Å². The first-order valence-corrected chi connectivity index (χ1v) is 8.02. The lowest BCUT2D eigenvalue weighted by Gasteiger charge is -2.18. The van der Waals surface area contributed by atoms with Crippen LogP contribution >= 0.6 is 0 Å². The Morgan fingerprint density at radius 2 is 2.26 bits per heavy atom. The van der Waals surface area contributed by atoms with Gasteiger partial charge in [-0.15, -0.1) is 10.2 Å². The van der Waals surface area contributed by atoms with Gasteiger partial charge in [0.05, 0.1) is 25.3 Å². The normalized spacial score (nSPS) is 15.0. The van der Waals surface area contributed by atoms with Crippen LogP contribution in [0, 0.1) is 0 Å². The van der Waals surface area contributed by atoms with Crippen LogP contribution in [0.15, 0.2) is 6.20 Å². The van der Waals surface area contributed by atoms with Crippen molar-refractivity contribution in [3.05, 3.63) is 23.5 Å². The minimum Gasteiger partial charge on any atom is -0.332 e. The molecule has 2 aromatic heterocycles. The summed E-state index contributed by atoms with van der Waals surface area (Å²) in [7, 11) is 0. The topological polar surface area (TPSA) is 103 Å². The summed E-state index contributed by atoms with van der Waals surface area (Å²) in [6.45, 7) is 5.85. The molecule has 0 fully saturated rings. The largest absolute Gasteiger partial charge is 0.332 e. The second-order valence-corrected chi connectivity index (χ2v) is 5.66. The SMILES string of the molecule is CCn1ncc(CNC(=O)NC(C)c2nnc3n2CCCC3)n1. The van der Waals surface area contributed by atoms with E-state index < -0.39 is 0 Å². The summed E-state index contributed by atoms with van der Waals surface area (Å²) in [6.07, 6.45) is 4.89. The molecule has 0 aliphatic carbocycles. The molecule has 0 spiro atoms. The van der Waals surface area contributed by atoms with Crippen molar-refractivity contribution < 1.29 is 4.79 Å². The fourth-order valence-electron chi connectivity index (χ4n) is 2.70. The van der Waals surface area contributed by atoms with Gasteiger partial charge in [0.25, 0.3) is 0 Å². The van der Waals surface area contributed by atoms with Gasteiger partial charge >= 0.3 is 6.03 Å². The number of carbonyl (C=O) groups is 1. The Balaban J connectivity index is 1.54. The fourth-order valence-corrected chi connectivity index (χ4v) is 2.70. The summed E-state index contributed by atoms with van der Waals surface area (Å²) in [5, 5.41) is 22.4. The third-order valence-electron chi connectivity index (χ3n) is 3.92. The third kappa shape index (κ3) is 3.49. The van der Waals surface area contributed by atoms with Gasteiger partial charge in [-0.3, -0.25) is 0 Å². The Kier molecular flexibility index (Phi) is 4.54. The molecule has 0 aromatic carbocycles. The van der Waals surface area contributed by atoms with E-state index in [-0.39, 0.29) is 12.1 Å². The van der Waals surface area contributed by atoms with Gasteiger partial charge in [0.1, 0.15) is 11.5 Å². The van der Waals surface area contributed by atoms with Gasteiger partial charge in [0, 0.05) is 13.0 Å². The molecule has 1 aliphatic rings. The number of amides is 2. The standard InChI is InChI=1S/C14H22N8O/c1-3-22-16-9-11(20-22)8-15-14(23)17-10(2)13-19-18-12-6-4-5-7-21(12)13/h9-10H,3-8H2,1-2H3,(H2,15,17,23). The molecule has 1 unspecified atom stereocenters. The Hall–Kier alpha value is -2.45. The smallest absolute Gasteiger partial charge is 0.315 e. The average Bonchev–Trinajstić information content (AvgIpc) is 3.19. The molecular weight excluding hydrogens is 296 g/mol. The Labute approximate surface area is 134 Å². The first kappa shape index (κ1) is 15.4. The van der Waals surface area contributed by atoms with E-state index >= 15 is 0 Å². The highest BCUT2D eigenvalue weighted by Gasteiger charge is 2.21. The Morgan fingerprint density at radius 3 is 3.04 bits per heavy atom. The molecule has 9 nitrogen and oxygen atoms in total. The van der Waals surface area contributed by atoms with Crippen LogP contribution in [0.4, 0.5) is 4.79 Å². The Morgan fingerprint density at radius 1 is 1.39 bits per heavy atom. The minimum absolute atomic E-state index is 0.194. The van der Waals surface area contributed by atoms with Gasteiger partial charge in [0.2, 0.25) is 0 Å². The lowest BCUT2D eigenvalue weighted by atomic mass is 10.1. The number of urea groups is 1. The van der Waals surface area contributed by atoms with Gasteiger partial charge in [-0.25, -0.2) is 4.79 Å². The van der Waals surface area contributed by atoms with Crippen molar-refractivity contribution in [2.45, 2.75) is 58.8 Å². The fraction of sp³-hybridized carbons (Fsp3) is 0.643.